The number of nitrogens with zero attached hydrogens (tertiary/aromatic N) is 3. The molecule has 0 N–H and O–H groups in total. The highest BCUT2D eigenvalue weighted by molar-refractivity contribution is 5.81. The first-order chi connectivity index (χ1) is 16.7. The molecule has 1 aromatic heterocycles. The highest BCUT2D eigenvalue weighted by atomic mass is 16.5. The number of benzene rings is 3. The number of rotatable bonds is 8. The molecule has 0 radical (unpaired) electrons. The van der Waals surface area contributed by atoms with Crippen LogP contribution in [0.3, 0.4) is 0 Å². The van der Waals surface area contributed by atoms with Gasteiger partial charge in [0.05, 0.1) is 11.0 Å². The molecular formula is C30H35N3O2. The van der Waals surface area contributed by atoms with Crippen molar-refractivity contribution in [2.75, 3.05) is 0 Å². The van der Waals surface area contributed by atoms with Crippen LogP contribution in [-0.4, -0.2) is 26.4 Å². The molecule has 5 nitrogen and oxygen atoms in total. The third kappa shape index (κ3) is 5.91. The second kappa shape index (κ2) is 10.3. The summed E-state index contributed by atoms with van der Waals surface area (Å²) in [6, 6.07) is 26.3. The summed E-state index contributed by atoms with van der Waals surface area (Å²) >= 11 is 0. The minimum Gasteiger partial charge on any atom is -0.486 e. The molecule has 5 heteroatoms. The van der Waals surface area contributed by atoms with Crippen molar-refractivity contribution in [2.24, 2.45) is 0 Å². The Labute approximate surface area is 208 Å². The first-order valence-electron chi connectivity index (χ1n) is 12.2. The standard InChI is InChI=1S/C30H35N3O2/c1-22(2)32(19-23-11-7-6-8-12-23)29(34)20-33-27-14-10-9-13-26(27)31-28(33)21-35-25-17-15-24(16-18-25)30(3,4)5/h6-18,22H,19-21H2,1-5H3. The van der Waals surface area contributed by atoms with E-state index in [1.807, 2.05) is 64.1 Å². The maximum atomic E-state index is 13.5. The molecule has 0 saturated carbocycles. The van der Waals surface area contributed by atoms with Crippen LogP contribution in [0.25, 0.3) is 11.0 Å². The van der Waals surface area contributed by atoms with Gasteiger partial charge in [0.2, 0.25) is 5.91 Å². The van der Waals surface area contributed by atoms with Gasteiger partial charge in [0.1, 0.15) is 24.7 Å². The van der Waals surface area contributed by atoms with Crippen LogP contribution in [0.1, 0.15) is 51.6 Å². The molecule has 1 heterocycles. The summed E-state index contributed by atoms with van der Waals surface area (Å²) in [7, 11) is 0. The normalized spacial score (nSPS) is 11.7. The molecule has 3 aromatic carbocycles. The highest BCUT2D eigenvalue weighted by Gasteiger charge is 2.21. The van der Waals surface area contributed by atoms with Gasteiger partial charge in [0.25, 0.3) is 0 Å². The molecule has 4 aromatic rings. The van der Waals surface area contributed by atoms with Gasteiger partial charge in [0.15, 0.2) is 0 Å². The Morgan fingerprint density at radius 2 is 1.60 bits per heavy atom. The molecule has 0 spiro atoms. The number of amides is 1. The zero-order chi connectivity index (χ0) is 25.0. The molecule has 0 unspecified atom stereocenters. The van der Waals surface area contributed by atoms with E-state index in [4.69, 9.17) is 9.72 Å². The molecule has 0 aliphatic carbocycles. The molecule has 4 rings (SSSR count). The Hall–Kier alpha value is -3.60. The predicted octanol–water partition coefficient (Wildman–Crippen LogP) is 6.35. The summed E-state index contributed by atoms with van der Waals surface area (Å²) in [5.74, 6) is 1.58. The van der Waals surface area contributed by atoms with Gasteiger partial charge in [-0.2, -0.15) is 0 Å². The van der Waals surface area contributed by atoms with Crippen molar-refractivity contribution in [1.82, 2.24) is 14.5 Å². The fourth-order valence-electron chi connectivity index (χ4n) is 4.18. The number of hydrogen-bond acceptors (Lipinski definition) is 3. The third-order valence-electron chi connectivity index (χ3n) is 6.25. The highest BCUT2D eigenvalue weighted by Crippen LogP contribution is 2.25. The molecule has 1 amide bonds. The molecule has 0 aliphatic rings. The number of carbonyl (C=O) groups excluding carboxylic acids is 1. The smallest absolute Gasteiger partial charge is 0.243 e. The van der Waals surface area contributed by atoms with Gasteiger partial charge in [-0.05, 0) is 54.7 Å². The fraction of sp³-hybridized carbons (Fsp3) is 0.333. The van der Waals surface area contributed by atoms with E-state index in [9.17, 15) is 4.79 Å². The van der Waals surface area contributed by atoms with Gasteiger partial charge in [-0.1, -0.05) is 75.4 Å². The van der Waals surface area contributed by atoms with Crippen LogP contribution in [0, 0.1) is 0 Å². The van der Waals surface area contributed by atoms with E-state index in [0.29, 0.717) is 6.54 Å². The van der Waals surface area contributed by atoms with Crippen molar-refractivity contribution in [3.63, 3.8) is 0 Å². The van der Waals surface area contributed by atoms with E-state index in [-0.39, 0.29) is 30.5 Å². The quantitative estimate of drug-likeness (QED) is 0.302. The van der Waals surface area contributed by atoms with Crippen molar-refractivity contribution >= 4 is 16.9 Å². The third-order valence-corrected chi connectivity index (χ3v) is 6.25. The lowest BCUT2D eigenvalue weighted by atomic mass is 9.87. The first-order valence-corrected chi connectivity index (χ1v) is 12.2. The number of carbonyl (C=O) groups is 1. The van der Waals surface area contributed by atoms with Crippen LogP contribution in [0.4, 0.5) is 0 Å². The largest absolute Gasteiger partial charge is 0.486 e. The van der Waals surface area contributed by atoms with Crippen molar-refractivity contribution < 1.29 is 9.53 Å². The summed E-state index contributed by atoms with van der Waals surface area (Å²) in [6.07, 6.45) is 0. The molecule has 35 heavy (non-hydrogen) atoms. The van der Waals surface area contributed by atoms with Crippen molar-refractivity contribution in [3.05, 3.63) is 95.8 Å². The second-order valence-corrected chi connectivity index (χ2v) is 10.3. The lowest BCUT2D eigenvalue weighted by Gasteiger charge is -2.27. The molecular weight excluding hydrogens is 434 g/mol. The van der Waals surface area contributed by atoms with Gasteiger partial charge < -0.3 is 14.2 Å². The van der Waals surface area contributed by atoms with Crippen LogP contribution >= 0.6 is 0 Å². The minimum absolute atomic E-state index is 0.0581. The fourth-order valence-corrected chi connectivity index (χ4v) is 4.18. The van der Waals surface area contributed by atoms with Crippen LogP contribution in [0.2, 0.25) is 0 Å². The molecule has 0 fully saturated rings. The van der Waals surface area contributed by atoms with E-state index in [0.717, 1.165) is 28.2 Å². The van der Waals surface area contributed by atoms with Crippen molar-refractivity contribution in [2.45, 2.75) is 65.8 Å². The van der Waals surface area contributed by atoms with Crippen LogP contribution in [0.15, 0.2) is 78.9 Å². The Balaban J connectivity index is 1.55. The minimum atomic E-state index is 0.0581. The molecule has 0 saturated heterocycles. The van der Waals surface area contributed by atoms with Crippen LogP contribution in [0.5, 0.6) is 5.75 Å². The average molecular weight is 470 g/mol. The van der Waals surface area contributed by atoms with Gasteiger partial charge >= 0.3 is 0 Å². The zero-order valence-electron chi connectivity index (χ0n) is 21.4. The molecule has 182 valence electrons. The number of imidazole rings is 1. The SMILES string of the molecule is CC(C)N(Cc1ccccc1)C(=O)Cn1c(COc2ccc(C(C)(C)C)cc2)nc2ccccc21. The topological polar surface area (TPSA) is 47.4 Å². The van der Waals surface area contributed by atoms with E-state index < -0.39 is 0 Å². The molecule has 0 aliphatic heterocycles. The summed E-state index contributed by atoms with van der Waals surface area (Å²) < 4.78 is 8.09. The van der Waals surface area contributed by atoms with E-state index in [2.05, 4.69) is 58.9 Å². The Morgan fingerprint density at radius 3 is 2.26 bits per heavy atom. The lowest BCUT2D eigenvalue weighted by Crippen LogP contribution is -2.38. The summed E-state index contributed by atoms with van der Waals surface area (Å²) in [4.78, 5) is 20.2. The number of para-hydroxylation sites is 2. The van der Waals surface area contributed by atoms with Crippen LogP contribution in [-0.2, 0) is 29.9 Å². The predicted molar refractivity (Wildman–Crippen MR) is 141 cm³/mol. The number of fused-ring (bicyclic) bond motifs is 1. The van der Waals surface area contributed by atoms with Crippen molar-refractivity contribution in [1.29, 1.82) is 0 Å². The Kier molecular flexibility index (Phi) is 7.25. The first kappa shape index (κ1) is 24.5. The van der Waals surface area contributed by atoms with Gasteiger partial charge in [-0.15, -0.1) is 0 Å². The number of hydrogen-bond donors (Lipinski definition) is 0. The number of aromatic nitrogens is 2. The Bertz CT molecular complexity index is 1270. The van der Waals surface area contributed by atoms with Crippen LogP contribution < -0.4 is 4.74 Å². The zero-order valence-corrected chi connectivity index (χ0v) is 21.4. The average Bonchev–Trinajstić information content (AvgIpc) is 3.18. The van der Waals surface area contributed by atoms with Crippen molar-refractivity contribution in [3.8, 4) is 5.75 Å². The van der Waals surface area contributed by atoms with Gasteiger partial charge in [-0.25, -0.2) is 4.98 Å². The van der Waals surface area contributed by atoms with E-state index >= 15 is 0 Å². The van der Waals surface area contributed by atoms with E-state index in [1.54, 1.807) is 0 Å². The maximum absolute atomic E-state index is 13.5. The van der Waals surface area contributed by atoms with Gasteiger partial charge in [0, 0.05) is 12.6 Å². The monoisotopic (exact) mass is 469 g/mol. The summed E-state index contributed by atoms with van der Waals surface area (Å²) in [6.45, 7) is 11.8. The van der Waals surface area contributed by atoms with E-state index in [1.165, 1.54) is 5.56 Å². The second-order valence-electron chi connectivity index (χ2n) is 10.3. The maximum Gasteiger partial charge on any atom is 0.243 e. The summed E-state index contributed by atoms with van der Waals surface area (Å²) in [5.41, 5.74) is 4.27. The Morgan fingerprint density at radius 1 is 0.943 bits per heavy atom. The number of ether oxygens (including phenoxy) is 1. The van der Waals surface area contributed by atoms with Gasteiger partial charge in [-0.3, -0.25) is 4.79 Å². The summed E-state index contributed by atoms with van der Waals surface area (Å²) in [5, 5.41) is 0. The molecule has 0 atom stereocenters. The molecule has 0 bridgehead atoms. The lowest BCUT2D eigenvalue weighted by molar-refractivity contribution is -0.134.